The maximum absolute atomic E-state index is 10.9. The van der Waals surface area contributed by atoms with Crippen LogP contribution in [0.1, 0.15) is 45.1 Å². The molecule has 0 saturated carbocycles. The Morgan fingerprint density at radius 1 is 1.13 bits per heavy atom. The molecule has 1 aromatic carbocycles. The van der Waals surface area contributed by atoms with Gasteiger partial charge >= 0.3 is 29.6 Å². The fourth-order valence-electron chi connectivity index (χ4n) is 2.33. The topological polar surface area (TPSA) is 69.7 Å². The number of unbranched alkanes of at least 4 members (excludes halogenated alkanes) is 2. The van der Waals surface area contributed by atoms with E-state index in [0.717, 1.165) is 44.5 Å². The third-order valence-electron chi connectivity index (χ3n) is 3.49. The first-order chi connectivity index (χ1) is 10.4. The minimum atomic E-state index is -4.28. The van der Waals surface area contributed by atoms with Gasteiger partial charge in [0.25, 0.3) is 0 Å². The molecule has 0 saturated heterocycles. The van der Waals surface area contributed by atoms with Crippen LogP contribution in [0.4, 0.5) is 5.69 Å². The fourth-order valence-corrected chi connectivity index (χ4v) is 2.92. The summed E-state index contributed by atoms with van der Waals surface area (Å²) in [7, 11) is -2.72. The number of rotatable bonds is 10. The van der Waals surface area contributed by atoms with E-state index in [-0.39, 0.29) is 29.6 Å². The molecule has 0 spiro atoms. The summed E-state index contributed by atoms with van der Waals surface area (Å²) in [5.74, 6) is 0.112. The van der Waals surface area contributed by atoms with Crippen LogP contribution in [0.3, 0.4) is 0 Å². The van der Waals surface area contributed by atoms with E-state index in [4.69, 9.17) is 4.74 Å². The number of ether oxygens (including phenoxy) is 1. The smallest absolute Gasteiger partial charge is 0.748 e. The summed E-state index contributed by atoms with van der Waals surface area (Å²) < 4.78 is 38.1. The van der Waals surface area contributed by atoms with E-state index in [2.05, 4.69) is 18.7 Å². The Hall–Kier alpha value is -0.270. The zero-order valence-corrected chi connectivity index (χ0v) is 17.5. The Morgan fingerprint density at radius 2 is 1.70 bits per heavy atom. The minimum Gasteiger partial charge on any atom is -0.748 e. The van der Waals surface area contributed by atoms with Crippen molar-refractivity contribution in [2.24, 2.45) is 0 Å². The van der Waals surface area contributed by atoms with Crippen LogP contribution in [-0.4, -0.2) is 33.2 Å². The molecule has 1 aromatic rings. The van der Waals surface area contributed by atoms with Crippen LogP contribution in [0.2, 0.25) is 0 Å². The first-order valence-electron chi connectivity index (χ1n) is 7.76. The van der Waals surface area contributed by atoms with E-state index in [1.54, 1.807) is 19.2 Å². The van der Waals surface area contributed by atoms with Crippen molar-refractivity contribution in [3.8, 4) is 5.75 Å². The number of hydrogen-bond acceptors (Lipinski definition) is 5. The monoisotopic (exact) mass is 351 g/mol. The van der Waals surface area contributed by atoms with Gasteiger partial charge in [-0.3, -0.25) is 0 Å². The van der Waals surface area contributed by atoms with Gasteiger partial charge in [0.15, 0.2) is 0 Å². The molecule has 0 unspecified atom stereocenters. The molecule has 0 radical (unpaired) electrons. The molecule has 0 atom stereocenters. The van der Waals surface area contributed by atoms with Gasteiger partial charge in [-0.25, -0.2) is 8.42 Å². The summed E-state index contributed by atoms with van der Waals surface area (Å²) in [6.45, 7) is 6.17. The Balaban J connectivity index is 0.00000484. The SMILES string of the molecule is CCCCN(CCCC)c1ccc(CS(=O)(=O)[O-])cc1OC.[Na+]. The molecule has 126 valence electrons. The molecule has 0 N–H and O–H groups in total. The molecule has 1 rings (SSSR count). The van der Waals surface area contributed by atoms with Crippen molar-refractivity contribution in [2.45, 2.75) is 45.3 Å². The molecule has 7 heteroatoms. The van der Waals surface area contributed by atoms with Crippen LogP contribution in [0.25, 0.3) is 0 Å². The summed E-state index contributed by atoms with van der Waals surface area (Å²) in [6.07, 6.45) is 4.39. The maximum atomic E-state index is 10.9. The predicted octanol–water partition coefficient (Wildman–Crippen LogP) is 0.151. The molecule has 0 bridgehead atoms. The minimum absolute atomic E-state index is 0. The van der Waals surface area contributed by atoms with E-state index in [9.17, 15) is 13.0 Å². The van der Waals surface area contributed by atoms with Gasteiger partial charge in [-0.2, -0.15) is 0 Å². The van der Waals surface area contributed by atoms with Crippen molar-refractivity contribution in [1.82, 2.24) is 0 Å². The van der Waals surface area contributed by atoms with Crippen molar-refractivity contribution >= 4 is 15.8 Å². The van der Waals surface area contributed by atoms with Crippen molar-refractivity contribution < 1.29 is 47.3 Å². The van der Waals surface area contributed by atoms with E-state index in [1.807, 2.05) is 6.07 Å². The molecule has 0 aliphatic heterocycles. The molecule has 5 nitrogen and oxygen atoms in total. The average molecular weight is 351 g/mol. The fraction of sp³-hybridized carbons (Fsp3) is 0.625. The first kappa shape index (κ1) is 22.7. The van der Waals surface area contributed by atoms with Gasteiger partial charge in [0, 0.05) is 13.1 Å². The van der Waals surface area contributed by atoms with Crippen molar-refractivity contribution in [1.29, 1.82) is 0 Å². The molecule has 0 aliphatic rings. The molecular weight excluding hydrogens is 325 g/mol. The van der Waals surface area contributed by atoms with Gasteiger partial charge in [0.1, 0.15) is 5.75 Å². The zero-order chi connectivity index (χ0) is 16.6. The average Bonchev–Trinajstić information content (AvgIpc) is 2.46. The molecule has 0 amide bonds. The van der Waals surface area contributed by atoms with Crippen LogP contribution >= 0.6 is 0 Å². The molecule has 0 heterocycles. The maximum Gasteiger partial charge on any atom is 1.00 e. The van der Waals surface area contributed by atoms with Crippen LogP contribution in [0, 0.1) is 0 Å². The number of methoxy groups -OCH3 is 1. The van der Waals surface area contributed by atoms with Gasteiger partial charge in [-0.1, -0.05) is 32.8 Å². The summed E-state index contributed by atoms with van der Waals surface area (Å²) in [4.78, 5) is 2.27. The second-order valence-electron chi connectivity index (χ2n) is 5.40. The Kier molecular flexibility index (Phi) is 11.2. The number of benzene rings is 1. The van der Waals surface area contributed by atoms with E-state index < -0.39 is 15.9 Å². The van der Waals surface area contributed by atoms with E-state index in [1.165, 1.54) is 0 Å². The summed E-state index contributed by atoms with van der Waals surface area (Å²) >= 11 is 0. The Bertz CT molecular complexity index is 555. The Morgan fingerprint density at radius 3 is 2.13 bits per heavy atom. The largest absolute Gasteiger partial charge is 1.00 e. The zero-order valence-electron chi connectivity index (χ0n) is 14.7. The van der Waals surface area contributed by atoms with Crippen molar-refractivity contribution in [3.63, 3.8) is 0 Å². The summed E-state index contributed by atoms with van der Waals surface area (Å²) in [5, 5.41) is 0. The van der Waals surface area contributed by atoms with E-state index in [0.29, 0.717) is 11.3 Å². The van der Waals surface area contributed by atoms with Gasteiger partial charge < -0.3 is 14.2 Å². The van der Waals surface area contributed by atoms with Crippen molar-refractivity contribution in [3.05, 3.63) is 23.8 Å². The number of hydrogen-bond donors (Lipinski definition) is 0. The molecule has 0 aromatic heterocycles. The third kappa shape index (κ3) is 8.40. The van der Waals surface area contributed by atoms with Gasteiger partial charge in [-0.05, 0) is 30.5 Å². The van der Waals surface area contributed by atoms with Gasteiger partial charge in [-0.15, -0.1) is 0 Å². The second kappa shape index (κ2) is 11.3. The van der Waals surface area contributed by atoms with Crippen LogP contribution in [0.5, 0.6) is 5.75 Å². The first-order valence-corrected chi connectivity index (χ1v) is 9.34. The van der Waals surface area contributed by atoms with Gasteiger partial charge in [0.05, 0.1) is 28.7 Å². The van der Waals surface area contributed by atoms with Crippen LogP contribution in [-0.2, 0) is 15.9 Å². The van der Waals surface area contributed by atoms with Gasteiger partial charge in [0.2, 0.25) is 0 Å². The number of nitrogens with zero attached hydrogens (tertiary/aromatic N) is 1. The van der Waals surface area contributed by atoms with E-state index >= 15 is 0 Å². The molecule has 0 fully saturated rings. The van der Waals surface area contributed by atoms with Crippen LogP contribution in [0.15, 0.2) is 18.2 Å². The second-order valence-corrected chi connectivity index (χ2v) is 6.81. The quantitative estimate of drug-likeness (QED) is 0.443. The molecule has 0 aliphatic carbocycles. The van der Waals surface area contributed by atoms with Crippen molar-refractivity contribution in [2.75, 3.05) is 25.1 Å². The Labute approximate surface area is 162 Å². The van der Waals surface area contributed by atoms with Crippen LogP contribution < -0.4 is 39.2 Å². The standard InChI is InChI=1S/C16H27NO4S.Na/c1-4-6-10-17(11-7-5-2)15-9-8-14(12-16(15)21-3)13-22(18,19)20;/h8-9,12H,4-7,10-11,13H2,1-3H3,(H,18,19,20);/q;+1/p-1. The third-order valence-corrected chi connectivity index (χ3v) is 4.18. The predicted molar refractivity (Wildman–Crippen MR) is 88.4 cm³/mol. The summed E-state index contributed by atoms with van der Waals surface area (Å²) in [5.41, 5.74) is 1.41. The molecule has 23 heavy (non-hydrogen) atoms. The number of anilines is 1. The normalized spacial score (nSPS) is 11.0. The molecular formula is C16H26NNaO4S. The summed E-state index contributed by atoms with van der Waals surface area (Å²) in [6, 6.07) is 5.19.